The first kappa shape index (κ1) is 27.2. The number of carboxylic acid groups (broad SMARTS) is 1. The predicted molar refractivity (Wildman–Crippen MR) is 132 cm³/mol. The van der Waals surface area contributed by atoms with E-state index in [2.05, 4.69) is 26.4 Å². The number of oxime groups is 1. The van der Waals surface area contributed by atoms with Gasteiger partial charge < -0.3 is 15.3 Å². The second-order valence-corrected chi connectivity index (χ2v) is 9.81. The molecule has 1 aliphatic rings. The van der Waals surface area contributed by atoms with Crippen LogP contribution in [0.4, 0.5) is 13.2 Å². The van der Waals surface area contributed by atoms with Gasteiger partial charge in [-0.05, 0) is 61.4 Å². The van der Waals surface area contributed by atoms with Crippen LogP contribution in [0.5, 0.6) is 0 Å². The number of aliphatic carboxylic acids is 1. The molecule has 0 bridgehead atoms. The summed E-state index contributed by atoms with van der Waals surface area (Å²) < 4.78 is 42.1. The van der Waals surface area contributed by atoms with Gasteiger partial charge in [0.2, 0.25) is 0 Å². The van der Waals surface area contributed by atoms with Crippen LogP contribution >= 0.6 is 15.9 Å². The maximum Gasteiger partial charge on any atom is 0.416 e. The summed E-state index contributed by atoms with van der Waals surface area (Å²) in [5.41, 5.74) is 2.46. The Balaban J connectivity index is 1.66. The number of rotatable bonds is 9. The minimum atomic E-state index is -4.41. The van der Waals surface area contributed by atoms with Crippen molar-refractivity contribution in [1.82, 2.24) is 5.32 Å². The van der Waals surface area contributed by atoms with Crippen molar-refractivity contribution in [2.24, 2.45) is 5.16 Å². The smallest absolute Gasteiger partial charge is 0.416 e. The molecule has 1 aliphatic carbocycles. The molecule has 1 saturated carbocycles. The summed E-state index contributed by atoms with van der Waals surface area (Å²) in [4.78, 5) is 16.3. The fourth-order valence-corrected chi connectivity index (χ4v) is 4.75. The van der Waals surface area contributed by atoms with E-state index < -0.39 is 23.8 Å². The van der Waals surface area contributed by atoms with Crippen LogP contribution in [-0.2, 0) is 29.0 Å². The minimum absolute atomic E-state index is 0.0421. The van der Waals surface area contributed by atoms with Crippen molar-refractivity contribution >= 4 is 27.6 Å². The van der Waals surface area contributed by atoms with Gasteiger partial charge in [0, 0.05) is 16.6 Å². The highest BCUT2D eigenvalue weighted by Crippen LogP contribution is 2.41. The minimum Gasteiger partial charge on any atom is -0.480 e. The molecule has 3 rings (SSSR count). The Hall–Kier alpha value is -2.39. The first-order valence-corrected chi connectivity index (χ1v) is 12.5. The average molecular weight is 555 g/mol. The van der Waals surface area contributed by atoms with Crippen LogP contribution in [0.1, 0.15) is 79.7 Å². The van der Waals surface area contributed by atoms with Gasteiger partial charge in [0.1, 0.15) is 12.6 Å². The highest BCUT2D eigenvalue weighted by molar-refractivity contribution is 9.10. The maximum atomic E-state index is 13.8. The number of carbonyl (C=O) groups is 1. The third-order valence-electron chi connectivity index (χ3n) is 6.34. The zero-order valence-electron chi connectivity index (χ0n) is 19.8. The van der Waals surface area contributed by atoms with E-state index in [9.17, 15) is 18.0 Å². The van der Waals surface area contributed by atoms with Crippen LogP contribution in [-0.4, -0.2) is 22.8 Å². The summed E-state index contributed by atoms with van der Waals surface area (Å²) in [6.07, 6.45) is 0.205. The van der Waals surface area contributed by atoms with E-state index >= 15 is 0 Å². The molecule has 0 amide bonds. The fraction of sp³-hybridized carbons (Fsp3) is 0.462. The molecule has 0 saturated heterocycles. The molecule has 1 unspecified atom stereocenters. The topological polar surface area (TPSA) is 70.9 Å². The molecular weight excluding hydrogens is 525 g/mol. The summed E-state index contributed by atoms with van der Waals surface area (Å²) in [5.74, 6) is -0.969. The highest BCUT2D eigenvalue weighted by atomic mass is 79.9. The van der Waals surface area contributed by atoms with E-state index in [1.165, 1.54) is 6.07 Å². The van der Waals surface area contributed by atoms with Crippen molar-refractivity contribution in [2.45, 2.75) is 77.2 Å². The molecule has 2 N–H and O–H groups in total. The lowest BCUT2D eigenvalue weighted by Gasteiger charge is -2.25. The summed E-state index contributed by atoms with van der Waals surface area (Å²) in [7, 11) is 0. The van der Waals surface area contributed by atoms with Crippen LogP contribution in [0.2, 0.25) is 0 Å². The van der Waals surface area contributed by atoms with Gasteiger partial charge in [-0.2, -0.15) is 13.2 Å². The van der Waals surface area contributed by atoms with Crippen molar-refractivity contribution in [2.75, 3.05) is 0 Å². The molecule has 0 aromatic heterocycles. The summed E-state index contributed by atoms with van der Waals surface area (Å²) in [5, 5.41) is 16.0. The van der Waals surface area contributed by atoms with Crippen LogP contribution in [0.15, 0.2) is 46.0 Å². The lowest BCUT2D eigenvalue weighted by Crippen LogP contribution is -2.33. The standard InChI is InChI=1S/C26H30BrF3N2O3/c1-16(20-9-10-21(24(27)13-20)14-31-17(2)25(33)34)32-35-15-18-8-11-22(19-6-4-3-5-7-19)23(12-18)26(28,29)30/h8-13,17,19,31H,3-7,14-15H2,1-2H3,(H,33,34). The molecule has 0 spiro atoms. The predicted octanol–water partition coefficient (Wildman–Crippen LogP) is 7.02. The second kappa shape index (κ2) is 12.0. The van der Waals surface area contributed by atoms with Gasteiger partial charge in [-0.25, -0.2) is 0 Å². The molecule has 2 aromatic rings. The van der Waals surface area contributed by atoms with Crippen molar-refractivity contribution in [3.63, 3.8) is 0 Å². The number of nitrogens with zero attached hydrogens (tertiary/aromatic N) is 1. The molecule has 0 aliphatic heterocycles. The van der Waals surface area contributed by atoms with Gasteiger partial charge >= 0.3 is 12.1 Å². The zero-order chi connectivity index (χ0) is 25.6. The van der Waals surface area contributed by atoms with Crippen molar-refractivity contribution in [1.29, 1.82) is 0 Å². The van der Waals surface area contributed by atoms with Gasteiger partial charge in [0.25, 0.3) is 0 Å². The highest BCUT2D eigenvalue weighted by Gasteiger charge is 2.35. The number of carboxylic acids is 1. The summed E-state index contributed by atoms with van der Waals surface area (Å²) >= 11 is 3.48. The Morgan fingerprint density at radius 1 is 1.20 bits per heavy atom. The van der Waals surface area contributed by atoms with E-state index in [4.69, 9.17) is 9.94 Å². The maximum absolute atomic E-state index is 13.8. The van der Waals surface area contributed by atoms with Gasteiger partial charge in [0.15, 0.2) is 0 Å². The van der Waals surface area contributed by atoms with E-state index in [-0.39, 0.29) is 12.5 Å². The van der Waals surface area contributed by atoms with Crippen molar-refractivity contribution in [3.05, 3.63) is 68.7 Å². The molecule has 35 heavy (non-hydrogen) atoms. The Morgan fingerprint density at radius 3 is 2.54 bits per heavy atom. The van der Waals surface area contributed by atoms with Gasteiger partial charge in [-0.15, -0.1) is 0 Å². The molecular formula is C26H30BrF3N2O3. The number of hydrogen-bond donors (Lipinski definition) is 2. The van der Waals surface area contributed by atoms with E-state index in [0.717, 1.165) is 47.7 Å². The Morgan fingerprint density at radius 2 is 1.91 bits per heavy atom. The van der Waals surface area contributed by atoms with Crippen LogP contribution in [0, 0.1) is 0 Å². The quantitative estimate of drug-likeness (QED) is 0.258. The summed E-state index contributed by atoms with van der Waals surface area (Å²) in [6, 6.07) is 9.32. The first-order valence-electron chi connectivity index (χ1n) is 11.7. The number of alkyl halides is 3. The lowest BCUT2D eigenvalue weighted by atomic mass is 9.81. The third kappa shape index (κ3) is 7.54. The SMILES string of the molecule is CC(=NOCc1ccc(C2CCCCC2)c(C(F)(F)F)c1)c1ccc(CNC(C)C(=O)O)c(Br)c1. The molecule has 190 valence electrons. The van der Waals surface area contributed by atoms with Gasteiger partial charge in [0.05, 0.1) is 11.3 Å². The number of benzene rings is 2. The molecule has 0 heterocycles. The monoisotopic (exact) mass is 554 g/mol. The Kier molecular flexibility index (Phi) is 9.35. The van der Waals surface area contributed by atoms with E-state index in [1.807, 2.05) is 18.2 Å². The number of halogens is 4. The van der Waals surface area contributed by atoms with Gasteiger partial charge in [-0.1, -0.05) is 64.6 Å². The molecule has 1 fully saturated rings. The van der Waals surface area contributed by atoms with Gasteiger partial charge in [-0.3, -0.25) is 4.79 Å². The fourth-order valence-electron chi connectivity index (χ4n) is 4.23. The first-order chi connectivity index (χ1) is 16.6. The Bertz CT molecular complexity index is 1070. The third-order valence-corrected chi connectivity index (χ3v) is 7.08. The average Bonchev–Trinajstić information content (AvgIpc) is 2.82. The molecule has 5 nitrogen and oxygen atoms in total. The van der Waals surface area contributed by atoms with Crippen LogP contribution in [0.3, 0.4) is 0 Å². The van der Waals surface area contributed by atoms with E-state index in [0.29, 0.717) is 23.4 Å². The Labute approximate surface area is 211 Å². The molecule has 2 aromatic carbocycles. The van der Waals surface area contributed by atoms with Crippen LogP contribution < -0.4 is 5.32 Å². The van der Waals surface area contributed by atoms with Crippen LogP contribution in [0.25, 0.3) is 0 Å². The second-order valence-electron chi connectivity index (χ2n) is 8.95. The largest absolute Gasteiger partial charge is 0.480 e. The molecule has 9 heteroatoms. The molecule has 0 radical (unpaired) electrons. The lowest BCUT2D eigenvalue weighted by molar-refractivity contribution is -0.139. The zero-order valence-corrected chi connectivity index (χ0v) is 21.4. The number of nitrogens with one attached hydrogen (secondary N) is 1. The summed E-state index contributed by atoms with van der Waals surface area (Å²) in [6.45, 7) is 3.63. The number of hydrogen-bond acceptors (Lipinski definition) is 4. The van der Waals surface area contributed by atoms with E-state index in [1.54, 1.807) is 26.0 Å². The van der Waals surface area contributed by atoms with Crippen molar-refractivity contribution < 1.29 is 27.9 Å². The normalized spacial score (nSPS) is 16.2. The molecule has 1 atom stereocenters. The van der Waals surface area contributed by atoms with Crippen molar-refractivity contribution in [3.8, 4) is 0 Å².